The maximum atomic E-state index is 11.9. The molecule has 0 aromatic rings. The standard InChI is InChI=1S/C12H22N2O3/c1-10(16)13(2)9-12(17)14-6-3-4-11(8-14)5-7-15/h11,15H,3-9H2,1-2H3. The summed E-state index contributed by atoms with van der Waals surface area (Å²) in [6.07, 6.45) is 2.82. The van der Waals surface area contributed by atoms with Gasteiger partial charge in [0.1, 0.15) is 0 Å². The Morgan fingerprint density at radius 1 is 1.47 bits per heavy atom. The molecule has 0 aromatic heterocycles. The summed E-state index contributed by atoms with van der Waals surface area (Å²) in [5.74, 6) is 0.313. The molecule has 1 heterocycles. The van der Waals surface area contributed by atoms with Crippen LogP contribution in [-0.4, -0.2) is 60.0 Å². The fraction of sp³-hybridized carbons (Fsp3) is 0.833. The number of nitrogens with zero attached hydrogens (tertiary/aromatic N) is 2. The molecule has 1 N–H and O–H groups in total. The topological polar surface area (TPSA) is 60.9 Å². The SMILES string of the molecule is CC(=O)N(C)CC(=O)N1CCCC(CCO)C1. The number of rotatable bonds is 4. The van der Waals surface area contributed by atoms with Gasteiger partial charge in [0.05, 0.1) is 6.54 Å². The van der Waals surface area contributed by atoms with Gasteiger partial charge in [-0.25, -0.2) is 0 Å². The number of hydrogen-bond donors (Lipinski definition) is 1. The highest BCUT2D eigenvalue weighted by atomic mass is 16.3. The molecular weight excluding hydrogens is 220 g/mol. The number of aliphatic hydroxyl groups excluding tert-OH is 1. The lowest BCUT2D eigenvalue weighted by molar-refractivity contribution is -0.139. The van der Waals surface area contributed by atoms with Crippen molar-refractivity contribution in [2.45, 2.75) is 26.2 Å². The van der Waals surface area contributed by atoms with Crippen molar-refractivity contribution >= 4 is 11.8 Å². The largest absolute Gasteiger partial charge is 0.396 e. The molecule has 0 aromatic carbocycles. The molecule has 0 bridgehead atoms. The van der Waals surface area contributed by atoms with Crippen LogP contribution in [0.5, 0.6) is 0 Å². The molecule has 0 spiro atoms. The lowest BCUT2D eigenvalue weighted by atomic mass is 9.95. The van der Waals surface area contributed by atoms with Crippen molar-refractivity contribution in [3.05, 3.63) is 0 Å². The molecular formula is C12H22N2O3. The number of hydrogen-bond acceptors (Lipinski definition) is 3. The van der Waals surface area contributed by atoms with E-state index in [9.17, 15) is 9.59 Å². The smallest absolute Gasteiger partial charge is 0.242 e. The Labute approximate surface area is 102 Å². The van der Waals surface area contributed by atoms with Gasteiger partial charge in [-0.15, -0.1) is 0 Å². The third-order valence-corrected chi connectivity index (χ3v) is 3.32. The Balaban J connectivity index is 2.43. The Kier molecular flexibility index (Phi) is 5.41. The second-order valence-corrected chi connectivity index (χ2v) is 4.74. The summed E-state index contributed by atoms with van der Waals surface area (Å²) in [7, 11) is 1.63. The zero-order valence-electron chi connectivity index (χ0n) is 10.7. The molecule has 5 nitrogen and oxygen atoms in total. The Hall–Kier alpha value is -1.10. The summed E-state index contributed by atoms with van der Waals surface area (Å²) in [6.45, 7) is 3.27. The summed E-state index contributed by atoms with van der Waals surface area (Å²) >= 11 is 0. The summed E-state index contributed by atoms with van der Waals surface area (Å²) in [5.41, 5.74) is 0. The fourth-order valence-electron chi connectivity index (χ4n) is 2.12. The molecule has 1 unspecified atom stereocenters. The van der Waals surface area contributed by atoms with Crippen LogP contribution in [-0.2, 0) is 9.59 Å². The number of carbonyl (C=O) groups excluding carboxylic acids is 2. The van der Waals surface area contributed by atoms with Crippen LogP contribution < -0.4 is 0 Å². The predicted molar refractivity (Wildman–Crippen MR) is 64.3 cm³/mol. The number of piperidine rings is 1. The monoisotopic (exact) mass is 242 g/mol. The van der Waals surface area contributed by atoms with Crippen LogP contribution >= 0.6 is 0 Å². The van der Waals surface area contributed by atoms with Gasteiger partial charge < -0.3 is 14.9 Å². The van der Waals surface area contributed by atoms with Crippen molar-refractivity contribution in [1.82, 2.24) is 9.80 Å². The molecule has 1 rings (SSSR count). The van der Waals surface area contributed by atoms with Gasteiger partial charge in [0.25, 0.3) is 0 Å². The molecule has 0 aliphatic carbocycles. The van der Waals surface area contributed by atoms with E-state index in [0.29, 0.717) is 12.5 Å². The van der Waals surface area contributed by atoms with Crippen molar-refractivity contribution in [1.29, 1.82) is 0 Å². The van der Waals surface area contributed by atoms with Gasteiger partial charge in [-0.2, -0.15) is 0 Å². The molecule has 17 heavy (non-hydrogen) atoms. The first kappa shape index (κ1) is 14.0. The highest BCUT2D eigenvalue weighted by Gasteiger charge is 2.24. The van der Waals surface area contributed by atoms with E-state index in [-0.39, 0.29) is 25.0 Å². The molecule has 1 aliphatic heterocycles. The highest BCUT2D eigenvalue weighted by molar-refractivity contribution is 5.83. The van der Waals surface area contributed by atoms with Crippen LogP contribution in [0.4, 0.5) is 0 Å². The minimum absolute atomic E-state index is 0.00494. The van der Waals surface area contributed by atoms with Gasteiger partial charge >= 0.3 is 0 Å². The van der Waals surface area contributed by atoms with Crippen molar-refractivity contribution in [2.24, 2.45) is 5.92 Å². The van der Waals surface area contributed by atoms with Crippen LogP contribution in [0, 0.1) is 5.92 Å². The molecule has 0 saturated carbocycles. The molecule has 98 valence electrons. The van der Waals surface area contributed by atoms with Crippen LogP contribution in [0.25, 0.3) is 0 Å². The molecule has 1 atom stereocenters. The van der Waals surface area contributed by atoms with E-state index >= 15 is 0 Å². The quantitative estimate of drug-likeness (QED) is 0.760. The van der Waals surface area contributed by atoms with E-state index in [1.807, 2.05) is 4.90 Å². The summed E-state index contributed by atoms with van der Waals surface area (Å²) < 4.78 is 0. The molecule has 0 radical (unpaired) electrons. The molecule has 2 amide bonds. The van der Waals surface area contributed by atoms with Crippen molar-refractivity contribution in [2.75, 3.05) is 33.3 Å². The maximum Gasteiger partial charge on any atom is 0.242 e. The van der Waals surface area contributed by atoms with Gasteiger partial charge in [-0.05, 0) is 25.2 Å². The van der Waals surface area contributed by atoms with Gasteiger partial charge in [0.2, 0.25) is 11.8 Å². The first-order valence-electron chi connectivity index (χ1n) is 6.15. The number of carbonyl (C=O) groups is 2. The Morgan fingerprint density at radius 2 is 2.18 bits per heavy atom. The Bertz CT molecular complexity index is 279. The summed E-state index contributed by atoms with van der Waals surface area (Å²) in [5, 5.41) is 8.91. The lowest BCUT2D eigenvalue weighted by Gasteiger charge is -2.33. The third-order valence-electron chi connectivity index (χ3n) is 3.32. The van der Waals surface area contributed by atoms with E-state index in [0.717, 1.165) is 25.8 Å². The molecule has 1 saturated heterocycles. The fourth-order valence-corrected chi connectivity index (χ4v) is 2.12. The number of amides is 2. The minimum atomic E-state index is -0.0951. The second-order valence-electron chi connectivity index (χ2n) is 4.74. The van der Waals surface area contributed by atoms with Crippen LogP contribution in [0.3, 0.4) is 0 Å². The van der Waals surface area contributed by atoms with E-state index in [4.69, 9.17) is 5.11 Å². The third kappa shape index (κ3) is 4.34. The zero-order chi connectivity index (χ0) is 12.8. The summed E-state index contributed by atoms with van der Waals surface area (Å²) in [6, 6.07) is 0. The van der Waals surface area contributed by atoms with E-state index < -0.39 is 0 Å². The van der Waals surface area contributed by atoms with Gasteiger partial charge in [-0.1, -0.05) is 0 Å². The number of likely N-dealkylation sites (N-methyl/N-ethyl adjacent to an activating group) is 1. The van der Waals surface area contributed by atoms with Crippen LogP contribution in [0.2, 0.25) is 0 Å². The maximum absolute atomic E-state index is 11.9. The van der Waals surface area contributed by atoms with Crippen LogP contribution in [0.1, 0.15) is 26.2 Å². The second kappa shape index (κ2) is 6.59. The Morgan fingerprint density at radius 3 is 2.76 bits per heavy atom. The number of likely N-dealkylation sites (tertiary alicyclic amines) is 1. The zero-order valence-corrected chi connectivity index (χ0v) is 10.7. The first-order valence-corrected chi connectivity index (χ1v) is 6.15. The molecule has 5 heteroatoms. The van der Waals surface area contributed by atoms with Crippen molar-refractivity contribution < 1.29 is 14.7 Å². The predicted octanol–water partition coefficient (Wildman–Crippen LogP) is 0.0857. The van der Waals surface area contributed by atoms with E-state index in [1.54, 1.807) is 7.05 Å². The van der Waals surface area contributed by atoms with E-state index in [2.05, 4.69) is 0 Å². The minimum Gasteiger partial charge on any atom is -0.396 e. The van der Waals surface area contributed by atoms with E-state index in [1.165, 1.54) is 11.8 Å². The van der Waals surface area contributed by atoms with Gasteiger partial charge in [0.15, 0.2) is 0 Å². The normalized spacial score (nSPS) is 20.2. The van der Waals surface area contributed by atoms with Gasteiger partial charge in [-0.3, -0.25) is 9.59 Å². The number of aliphatic hydroxyl groups is 1. The van der Waals surface area contributed by atoms with Crippen molar-refractivity contribution in [3.63, 3.8) is 0 Å². The van der Waals surface area contributed by atoms with Crippen LogP contribution in [0.15, 0.2) is 0 Å². The van der Waals surface area contributed by atoms with Crippen molar-refractivity contribution in [3.8, 4) is 0 Å². The average molecular weight is 242 g/mol. The molecule has 1 aliphatic rings. The highest BCUT2D eigenvalue weighted by Crippen LogP contribution is 2.19. The van der Waals surface area contributed by atoms with Gasteiger partial charge in [0, 0.05) is 33.7 Å². The summed E-state index contributed by atoms with van der Waals surface area (Å²) in [4.78, 5) is 26.2. The average Bonchev–Trinajstić information content (AvgIpc) is 2.29. The molecule has 1 fully saturated rings. The lowest BCUT2D eigenvalue weighted by Crippen LogP contribution is -2.45. The first-order chi connectivity index (χ1) is 8.04.